The van der Waals surface area contributed by atoms with Crippen LogP contribution in [0.25, 0.3) is 68.1 Å². The molecule has 6 aromatic carbocycles. The summed E-state index contributed by atoms with van der Waals surface area (Å²) < 4.78 is 0. The number of nitrogen functional groups attached to an aromatic ring is 1. The lowest BCUT2D eigenvalue weighted by atomic mass is 9.90. The number of fused-ring (bicyclic) bond motifs is 3. The van der Waals surface area contributed by atoms with E-state index in [-0.39, 0.29) is 6.04 Å². The number of anilines is 3. The van der Waals surface area contributed by atoms with Gasteiger partial charge in [-0.2, -0.15) is 0 Å². The number of nitrogens with one attached hydrogen (secondary N) is 1. The van der Waals surface area contributed by atoms with Crippen LogP contribution in [-0.4, -0.2) is 18.6 Å². The number of nitrogens with two attached hydrogens (primary N) is 1. The number of aromatic nitrogens is 1. The fourth-order valence-corrected chi connectivity index (χ4v) is 9.10. The Morgan fingerprint density at radius 3 is 2.37 bits per heavy atom. The van der Waals surface area contributed by atoms with Gasteiger partial charge < -0.3 is 16.0 Å². The van der Waals surface area contributed by atoms with Gasteiger partial charge in [0.2, 0.25) is 0 Å². The molecule has 1 unspecified atom stereocenters. The van der Waals surface area contributed by atoms with Crippen molar-refractivity contribution in [3.63, 3.8) is 0 Å². The Morgan fingerprint density at radius 2 is 1.53 bits per heavy atom. The third-order valence-electron chi connectivity index (χ3n) is 12.2. The van der Waals surface area contributed by atoms with E-state index < -0.39 is 0 Å². The SMILES string of the molecule is C/C=C\c1c(-c2ccc(C3C=Cc4cc(-c5ccc6nc(Cc7cc(C8=CCCC=C8)cc(-c8ccccc8)c7)ccc6c5)ccc4N3C)cc2)cc2c(c1N)NCC=C2. The minimum atomic E-state index is 0.127. The first kappa shape index (κ1) is 37.1. The van der Waals surface area contributed by atoms with Crippen LogP contribution in [0.3, 0.4) is 0 Å². The molecule has 0 bridgehead atoms. The van der Waals surface area contributed by atoms with Gasteiger partial charge in [0.05, 0.1) is 22.9 Å². The second kappa shape index (κ2) is 15.9. The van der Waals surface area contributed by atoms with Crippen molar-refractivity contribution in [1.29, 1.82) is 0 Å². The molecular weight excluding hydrogens is 729 g/mol. The molecule has 1 aromatic heterocycles. The van der Waals surface area contributed by atoms with Crippen LogP contribution in [0, 0.1) is 0 Å². The van der Waals surface area contributed by atoms with Gasteiger partial charge in [-0.3, -0.25) is 4.98 Å². The predicted molar refractivity (Wildman–Crippen MR) is 257 cm³/mol. The summed E-state index contributed by atoms with van der Waals surface area (Å²) in [5.74, 6) is 0. The molecule has 292 valence electrons. The number of pyridine rings is 1. The van der Waals surface area contributed by atoms with Crippen molar-refractivity contribution in [2.24, 2.45) is 0 Å². The molecule has 10 rings (SSSR count). The van der Waals surface area contributed by atoms with E-state index in [2.05, 4.69) is 199 Å². The Kier molecular flexibility index (Phi) is 9.83. The topological polar surface area (TPSA) is 54.2 Å². The van der Waals surface area contributed by atoms with E-state index in [1.807, 2.05) is 6.92 Å². The molecule has 1 atom stereocenters. The molecule has 4 nitrogen and oxygen atoms in total. The summed E-state index contributed by atoms with van der Waals surface area (Å²) in [4.78, 5) is 7.54. The zero-order valence-corrected chi connectivity index (χ0v) is 34.2. The van der Waals surface area contributed by atoms with Gasteiger partial charge in [0.1, 0.15) is 0 Å². The largest absolute Gasteiger partial charge is 0.397 e. The minimum absolute atomic E-state index is 0.127. The Balaban J connectivity index is 0.878. The molecule has 3 N–H and O–H groups in total. The van der Waals surface area contributed by atoms with Crippen molar-refractivity contribution < 1.29 is 0 Å². The van der Waals surface area contributed by atoms with Gasteiger partial charge in [-0.25, -0.2) is 0 Å². The number of rotatable bonds is 8. The number of hydrogen-bond acceptors (Lipinski definition) is 4. The van der Waals surface area contributed by atoms with Crippen LogP contribution in [-0.2, 0) is 6.42 Å². The zero-order valence-electron chi connectivity index (χ0n) is 34.2. The second-order valence-corrected chi connectivity index (χ2v) is 16.1. The van der Waals surface area contributed by atoms with Crippen LogP contribution in [0.15, 0.2) is 164 Å². The molecule has 3 heterocycles. The molecule has 60 heavy (non-hydrogen) atoms. The van der Waals surface area contributed by atoms with E-state index in [9.17, 15) is 0 Å². The number of allylic oxidation sites excluding steroid dienone is 5. The summed E-state index contributed by atoms with van der Waals surface area (Å²) in [7, 11) is 2.19. The molecule has 2 aliphatic heterocycles. The van der Waals surface area contributed by atoms with E-state index in [0.29, 0.717) is 0 Å². The maximum absolute atomic E-state index is 6.71. The zero-order chi connectivity index (χ0) is 40.6. The van der Waals surface area contributed by atoms with Gasteiger partial charge >= 0.3 is 0 Å². The summed E-state index contributed by atoms with van der Waals surface area (Å²) >= 11 is 0. The van der Waals surface area contributed by atoms with Crippen LogP contribution in [0.1, 0.15) is 64.9 Å². The molecule has 4 heteroatoms. The van der Waals surface area contributed by atoms with E-state index >= 15 is 0 Å². The van der Waals surface area contributed by atoms with Gasteiger partial charge in [-0.15, -0.1) is 0 Å². The van der Waals surface area contributed by atoms with Crippen molar-refractivity contribution in [2.45, 2.75) is 32.2 Å². The first-order valence-electron chi connectivity index (χ1n) is 21.1. The number of benzene rings is 6. The highest BCUT2D eigenvalue weighted by molar-refractivity contribution is 5.94. The molecule has 0 saturated carbocycles. The molecule has 0 radical (unpaired) electrons. The van der Waals surface area contributed by atoms with Crippen molar-refractivity contribution in [3.05, 3.63) is 203 Å². The van der Waals surface area contributed by atoms with Gasteiger partial charge in [-0.05, 0) is 123 Å². The van der Waals surface area contributed by atoms with E-state index in [1.54, 1.807) is 0 Å². The lowest BCUT2D eigenvalue weighted by Gasteiger charge is -2.33. The maximum atomic E-state index is 6.71. The molecule has 0 amide bonds. The number of likely N-dealkylation sites (N-methyl/N-ethyl adjacent to an activating group) is 1. The van der Waals surface area contributed by atoms with Gasteiger partial charge in [0.15, 0.2) is 0 Å². The van der Waals surface area contributed by atoms with Crippen molar-refractivity contribution in [2.75, 3.05) is 29.5 Å². The minimum Gasteiger partial charge on any atom is -0.397 e. The molecule has 1 aliphatic carbocycles. The van der Waals surface area contributed by atoms with Crippen LogP contribution in [0.4, 0.5) is 17.1 Å². The first-order valence-corrected chi connectivity index (χ1v) is 21.1. The molecule has 0 saturated heterocycles. The van der Waals surface area contributed by atoms with Crippen molar-refractivity contribution in [3.8, 4) is 33.4 Å². The third-order valence-corrected chi connectivity index (χ3v) is 12.2. The van der Waals surface area contributed by atoms with E-state index in [1.165, 1.54) is 55.8 Å². The lowest BCUT2D eigenvalue weighted by Crippen LogP contribution is -2.25. The monoisotopic (exact) mass is 776 g/mol. The Labute approximate surface area is 353 Å². The Bertz CT molecular complexity index is 2930. The molecule has 3 aliphatic rings. The average Bonchev–Trinajstić information content (AvgIpc) is 3.30. The second-order valence-electron chi connectivity index (χ2n) is 16.1. The molecule has 0 fully saturated rings. The van der Waals surface area contributed by atoms with E-state index in [4.69, 9.17) is 10.7 Å². The lowest BCUT2D eigenvalue weighted by molar-refractivity contribution is 0.805. The van der Waals surface area contributed by atoms with Crippen molar-refractivity contribution >= 4 is 51.8 Å². The van der Waals surface area contributed by atoms with Gasteiger partial charge in [0.25, 0.3) is 0 Å². The van der Waals surface area contributed by atoms with Crippen LogP contribution in [0.5, 0.6) is 0 Å². The standard InChI is InChI=1S/C56H48N4/c1-3-11-50-51(36-46-16-10-29-58-56(46)55(50)57)40-17-19-41(20-18-40)53-28-24-45-34-43(23-27-54(45)60(53)2)42-22-26-52-44(33-42)21-25-49(59-52)32-37-30-47(38-12-6-4-7-13-38)35-48(31-37)39-14-8-5-9-15-39/h3-4,6-8,10-28,30-31,33-36,53,58H,5,9,29,32,57H2,1-2H3/b11-3-. The first-order chi connectivity index (χ1) is 29.5. The predicted octanol–water partition coefficient (Wildman–Crippen LogP) is 13.8. The summed E-state index contributed by atoms with van der Waals surface area (Å²) in [5.41, 5.74) is 27.5. The third kappa shape index (κ3) is 7.15. The van der Waals surface area contributed by atoms with Crippen LogP contribution >= 0.6 is 0 Å². The van der Waals surface area contributed by atoms with Crippen LogP contribution in [0.2, 0.25) is 0 Å². The summed E-state index contributed by atoms with van der Waals surface area (Å²) in [6, 6.07) is 46.9. The van der Waals surface area contributed by atoms with Gasteiger partial charge in [-0.1, -0.05) is 140 Å². The summed E-state index contributed by atoms with van der Waals surface area (Å²) in [6.07, 6.45) is 22.9. The summed E-state index contributed by atoms with van der Waals surface area (Å²) in [5, 5.41) is 4.60. The van der Waals surface area contributed by atoms with Crippen LogP contribution < -0.4 is 16.0 Å². The van der Waals surface area contributed by atoms with E-state index in [0.717, 1.165) is 76.0 Å². The Hall–Kier alpha value is -7.17. The summed E-state index contributed by atoms with van der Waals surface area (Å²) in [6.45, 7) is 2.83. The Morgan fingerprint density at radius 1 is 0.717 bits per heavy atom. The highest BCUT2D eigenvalue weighted by Crippen LogP contribution is 2.41. The molecule has 7 aromatic rings. The highest BCUT2D eigenvalue weighted by Gasteiger charge is 2.22. The molecule has 0 spiro atoms. The van der Waals surface area contributed by atoms with Gasteiger partial charge in [0, 0.05) is 47.9 Å². The quantitative estimate of drug-likeness (QED) is 0.151. The van der Waals surface area contributed by atoms with Crippen molar-refractivity contribution in [1.82, 2.24) is 4.98 Å². The maximum Gasteiger partial charge on any atom is 0.0726 e. The number of nitrogens with zero attached hydrogens (tertiary/aromatic N) is 2. The fourth-order valence-electron chi connectivity index (χ4n) is 9.10. The smallest absolute Gasteiger partial charge is 0.0726 e. The fraction of sp³-hybridized carbons (Fsp3) is 0.125. The molecular formula is C56H48N4. The average molecular weight is 777 g/mol. The highest BCUT2D eigenvalue weighted by atomic mass is 15.1. The normalized spacial score (nSPS) is 15.5. The number of hydrogen-bond donors (Lipinski definition) is 2.